The molecule has 0 aromatic heterocycles. The maximum atomic E-state index is 13.2. The van der Waals surface area contributed by atoms with Gasteiger partial charge in [-0.15, -0.1) is 0 Å². The fraction of sp³-hybridized carbons (Fsp3) is 0.179. The van der Waals surface area contributed by atoms with Crippen LogP contribution in [0.2, 0.25) is 15.1 Å². The predicted octanol–water partition coefficient (Wildman–Crippen LogP) is 7.62. The van der Waals surface area contributed by atoms with E-state index in [0.29, 0.717) is 36.8 Å². The van der Waals surface area contributed by atoms with E-state index in [-0.39, 0.29) is 10.9 Å². The number of nitrogens with one attached hydrogen (secondary N) is 1. The van der Waals surface area contributed by atoms with Crippen LogP contribution in [0.3, 0.4) is 0 Å². The molecular formula is C28H24Cl3N3O3S2. The number of benzene rings is 3. The number of hydrogen-bond acceptors (Lipinski definition) is 6. The minimum absolute atomic E-state index is 0.205. The molecule has 1 N–H and O–H groups in total. The van der Waals surface area contributed by atoms with Crippen LogP contribution in [0.4, 0.5) is 5.69 Å². The van der Waals surface area contributed by atoms with Gasteiger partial charge in [0.2, 0.25) is 0 Å². The van der Waals surface area contributed by atoms with Gasteiger partial charge in [-0.3, -0.25) is 15.0 Å². The first-order chi connectivity index (χ1) is 18.7. The van der Waals surface area contributed by atoms with E-state index >= 15 is 0 Å². The summed E-state index contributed by atoms with van der Waals surface area (Å²) in [6, 6.07) is 17.4. The molecule has 11 heteroatoms. The third-order valence-electron chi connectivity index (χ3n) is 5.92. The van der Waals surface area contributed by atoms with Gasteiger partial charge in [0.1, 0.15) is 12.4 Å². The van der Waals surface area contributed by atoms with E-state index in [1.165, 1.54) is 0 Å². The lowest BCUT2D eigenvalue weighted by atomic mass is 10.1. The normalized spacial score (nSPS) is 14.2. The Morgan fingerprint density at radius 1 is 1.03 bits per heavy atom. The summed E-state index contributed by atoms with van der Waals surface area (Å²) in [6.45, 7) is 6.01. The second kappa shape index (κ2) is 13.1. The highest BCUT2D eigenvalue weighted by molar-refractivity contribution is 8.26. The number of amides is 2. The highest BCUT2D eigenvalue weighted by Crippen LogP contribution is 2.35. The summed E-state index contributed by atoms with van der Waals surface area (Å²) in [5.74, 6) is -0.343. The number of thiocarbonyl (C=S) groups is 1. The molecule has 202 valence electrons. The molecule has 0 radical (unpaired) electrons. The summed E-state index contributed by atoms with van der Waals surface area (Å²) < 4.78 is 6.42. The Morgan fingerprint density at radius 3 is 2.38 bits per heavy atom. The summed E-state index contributed by atoms with van der Waals surface area (Å²) in [7, 11) is 0. The van der Waals surface area contributed by atoms with Crippen molar-refractivity contribution in [2.24, 2.45) is 0 Å². The summed E-state index contributed by atoms with van der Waals surface area (Å²) in [5.41, 5.74) is 5.36. The van der Waals surface area contributed by atoms with Gasteiger partial charge >= 0.3 is 0 Å². The van der Waals surface area contributed by atoms with E-state index in [1.807, 2.05) is 24.3 Å². The number of anilines is 1. The summed E-state index contributed by atoms with van der Waals surface area (Å²) >= 11 is 24.8. The van der Waals surface area contributed by atoms with Crippen LogP contribution >= 0.6 is 58.8 Å². The zero-order valence-electron chi connectivity index (χ0n) is 21.0. The lowest BCUT2D eigenvalue weighted by Crippen LogP contribution is -2.44. The van der Waals surface area contributed by atoms with Gasteiger partial charge in [0, 0.05) is 56.6 Å². The fourth-order valence-corrected chi connectivity index (χ4v) is 5.58. The van der Waals surface area contributed by atoms with Crippen molar-refractivity contribution < 1.29 is 14.3 Å². The molecular weight excluding hydrogens is 597 g/mol. The van der Waals surface area contributed by atoms with Crippen molar-refractivity contribution in [2.75, 3.05) is 18.0 Å². The molecule has 1 heterocycles. The second-order valence-corrected chi connectivity index (χ2v) is 11.3. The van der Waals surface area contributed by atoms with Crippen molar-refractivity contribution >= 4 is 86.7 Å². The van der Waals surface area contributed by atoms with Gasteiger partial charge in [0.05, 0.1) is 4.91 Å². The molecule has 3 aromatic rings. The van der Waals surface area contributed by atoms with E-state index in [2.05, 4.69) is 24.2 Å². The first-order valence-corrected chi connectivity index (χ1v) is 14.4. The van der Waals surface area contributed by atoms with Crippen LogP contribution in [0.25, 0.3) is 6.08 Å². The largest absolute Gasteiger partial charge is 0.488 e. The molecule has 3 aromatic carbocycles. The van der Waals surface area contributed by atoms with Crippen LogP contribution in [0.1, 0.15) is 35.3 Å². The first kappa shape index (κ1) is 29.2. The van der Waals surface area contributed by atoms with Gasteiger partial charge in [-0.1, -0.05) is 52.6 Å². The first-order valence-electron chi connectivity index (χ1n) is 12.0. The SMILES string of the molecule is CCN(CC)c1ccc(/C=C2/SC(=S)N(NC(=O)c3ccc(Cl)cc3)C2=O)c(OCc2ccc(Cl)cc2Cl)c1. The van der Waals surface area contributed by atoms with Crippen LogP contribution in [0.15, 0.2) is 65.6 Å². The molecule has 1 aliphatic heterocycles. The summed E-state index contributed by atoms with van der Waals surface area (Å²) in [5, 5.41) is 2.61. The molecule has 1 aliphatic rings. The molecule has 0 atom stereocenters. The van der Waals surface area contributed by atoms with Crippen molar-refractivity contribution in [3.8, 4) is 5.75 Å². The molecule has 0 aliphatic carbocycles. The Hall–Kier alpha value is -2.75. The van der Waals surface area contributed by atoms with E-state index in [0.717, 1.165) is 41.1 Å². The van der Waals surface area contributed by atoms with Gasteiger partial charge in [-0.05, 0) is 80.7 Å². The fourth-order valence-electron chi connectivity index (χ4n) is 3.82. The number of hydrazine groups is 1. The van der Waals surface area contributed by atoms with Gasteiger partial charge in [0.15, 0.2) is 4.32 Å². The quantitative estimate of drug-likeness (QED) is 0.196. The van der Waals surface area contributed by atoms with Crippen LogP contribution in [-0.4, -0.2) is 34.2 Å². The Kier molecular flexibility index (Phi) is 9.80. The molecule has 4 rings (SSSR count). The lowest BCUT2D eigenvalue weighted by molar-refractivity contribution is -0.123. The number of thioether (sulfide) groups is 1. The standard InChI is InChI=1S/C28H24Cl3N3O3S2/c1-3-33(4-2)22-12-8-18(24(15-22)37-16-19-7-11-21(30)14-23(19)31)13-25-27(36)34(28(38)39-25)32-26(35)17-5-9-20(29)10-6-17/h5-15H,3-4,16H2,1-2H3,(H,32,35)/b25-13+. The molecule has 0 spiro atoms. The molecule has 0 saturated carbocycles. The molecule has 6 nitrogen and oxygen atoms in total. The minimum Gasteiger partial charge on any atom is -0.488 e. The second-order valence-electron chi connectivity index (χ2n) is 8.38. The molecule has 39 heavy (non-hydrogen) atoms. The summed E-state index contributed by atoms with van der Waals surface area (Å²) in [4.78, 5) is 28.4. The number of hydrogen-bond donors (Lipinski definition) is 1. The molecule has 1 fully saturated rings. The van der Waals surface area contributed by atoms with Gasteiger partial charge in [0.25, 0.3) is 11.8 Å². The Balaban J connectivity index is 1.60. The van der Waals surface area contributed by atoms with Crippen molar-refractivity contribution in [1.82, 2.24) is 10.4 Å². The van der Waals surface area contributed by atoms with E-state index in [4.69, 9.17) is 51.8 Å². The topological polar surface area (TPSA) is 61.9 Å². The Labute approximate surface area is 251 Å². The van der Waals surface area contributed by atoms with Gasteiger partial charge < -0.3 is 9.64 Å². The molecule has 2 amide bonds. The van der Waals surface area contributed by atoms with Crippen LogP contribution < -0.4 is 15.1 Å². The monoisotopic (exact) mass is 619 g/mol. The highest BCUT2D eigenvalue weighted by Gasteiger charge is 2.34. The van der Waals surface area contributed by atoms with Crippen LogP contribution in [0.5, 0.6) is 5.75 Å². The average Bonchev–Trinajstić information content (AvgIpc) is 3.17. The highest BCUT2D eigenvalue weighted by atomic mass is 35.5. The number of rotatable bonds is 9. The predicted molar refractivity (Wildman–Crippen MR) is 165 cm³/mol. The third kappa shape index (κ3) is 7.07. The zero-order valence-corrected chi connectivity index (χ0v) is 24.9. The zero-order chi connectivity index (χ0) is 28.1. The van der Waals surface area contributed by atoms with Crippen LogP contribution in [-0.2, 0) is 11.4 Å². The lowest BCUT2D eigenvalue weighted by Gasteiger charge is -2.22. The maximum Gasteiger partial charge on any atom is 0.285 e. The number of carbonyl (C=O) groups excluding carboxylic acids is 2. The molecule has 0 unspecified atom stereocenters. The van der Waals surface area contributed by atoms with Gasteiger partial charge in [-0.25, -0.2) is 0 Å². The van der Waals surface area contributed by atoms with Gasteiger partial charge in [-0.2, -0.15) is 5.01 Å². The number of carbonyl (C=O) groups is 2. The van der Waals surface area contributed by atoms with Crippen molar-refractivity contribution in [1.29, 1.82) is 0 Å². The Morgan fingerprint density at radius 2 is 1.72 bits per heavy atom. The summed E-state index contributed by atoms with van der Waals surface area (Å²) in [6.07, 6.45) is 1.71. The van der Waals surface area contributed by atoms with E-state index in [1.54, 1.807) is 42.5 Å². The molecule has 0 bridgehead atoms. The Bertz CT molecular complexity index is 1440. The number of ether oxygens (including phenoxy) is 1. The third-order valence-corrected chi connectivity index (χ3v) is 8.07. The smallest absolute Gasteiger partial charge is 0.285 e. The van der Waals surface area contributed by atoms with E-state index in [9.17, 15) is 9.59 Å². The van der Waals surface area contributed by atoms with Crippen LogP contribution in [0, 0.1) is 0 Å². The van der Waals surface area contributed by atoms with Crippen molar-refractivity contribution in [3.63, 3.8) is 0 Å². The van der Waals surface area contributed by atoms with Crippen molar-refractivity contribution in [3.05, 3.63) is 97.3 Å². The minimum atomic E-state index is -0.475. The van der Waals surface area contributed by atoms with E-state index < -0.39 is 11.8 Å². The maximum absolute atomic E-state index is 13.2. The van der Waals surface area contributed by atoms with Crippen molar-refractivity contribution in [2.45, 2.75) is 20.5 Å². The number of nitrogens with zero attached hydrogens (tertiary/aromatic N) is 2. The molecule has 1 saturated heterocycles. The average molecular weight is 621 g/mol. The number of halogens is 3.